The second-order valence-electron chi connectivity index (χ2n) is 6.92. The molecule has 0 aromatic carbocycles. The Labute approximate surface area is 129 Å². The molecule has 0 aromatic rings. The summed E-state index contributed by atoms with van der Waals surface area (Å²) < 4.78 is 82.0. The maximum Gasteiger partial charge on any atom is 0.430 e. The van der Waals surface area contributed by atoms with E-state index in [0.29, 0.717) is 26.7 Å². The zero-order chi connectivity index (χ0) is 17.8. The highest BCUT2D eigenvalue weighted by Crippen LogP contribution is 2.52. The van der Waals surface area contributed by atoms with Crippen LogP contribution in [0.4, 0.5) is 26.3 Å². The lowest BCUT2D eigenvalue weighted by molar-refractivity contribution is -0.407. The van der Waals surface area contributed by atoms with Crippen molar-refractivity contribution in [2.24, 2.45) is 17.8 Å². The number of esters is 1. The minimum Gasteiger partial charge on any atom is -0.456 e. The molecule has 0 amide bonds. The Morgan fingerprint density at radius 1 is 1.00 bits per heavy atom. The lowest BCUT2D eigenvalue weighted by Crippen LogP contribution is -2.70. The van der Waals surface area contributed by atoms with Gasteiger partial charge in [-0.1, -0.05) is 6.42 Å². The van der Waals surface area contributed by atoms with Gasteiger partial charge in [-0.05, 0) is 44.9 Å². The van der Waals surface area contributed by atoms with Crippen LogP contribution in [0.5, 0.6) is 0 Å². The van der Waals surface area contributed by atoms with Crippen molar-refractivity contribution in [2.75, 3.05) is 0 Å². The molecule has 2 fully saturated rings. The van der Waals surface area contributed by atoms with Gasteiger partial charge in [-0.15, -0.1) is 0 Å². The number of aliphatic hydroxyl groups is 1. The van der Waals surface area contributed by atoms with Crippen LogP contribution in [0.15, 0.2) is 0 Å². The summed E-state index contributed by atoms with van der Waals surface area (Å²) in [5, 5.41) is 9.41. The van der Waals surface area contributed by atoms with Crippen LogP contribution < -0.4 is 0 Å². The first-order valence-corrected chi connectivity index (χ1v) is 7.29. The fourth-order valence-electron chi connectivity index (χ4n) is 3.78. The van der Waals surface area contributed by atoms with Gasteiger partial charge >= 0.3 is 18.3 Å². The Morgan fingerprint density at radius 3 is 1.87 bits per heavy atom. The van der Waals surface area contributed by atoms with Crippen molar-refractivity contribution in [2.45, 2.75) is 63.1 Å². The summed E-state index contributed by atoms with van der Waals surface area (Å²) in [6, 6.07) is 0. The van der Waals surface area contributed by atoms with Gasteiger partial charge in [0, 0.05) is 0 Å². The predicted molar refractivity (Wildman–Crippen MR) is 66.2 cm³/mol. The van der Waals surface area contributed by atoms with Crippen LogP contribution in [-0.4, -0.2) is 34.6 Å². The summed E-state index contributed by atoms with van der Waals surface area (Å²) in [5.74, 6) is -1.59. The van der Waals surface area contributed by atoms with Crippen molar-refractivity contribution in [3.63, 3.8) is 0 Å². The van der Waals surface area contributed by atoms with E-state index in [0.717, 1.165) is 12.8 Å². The average molecular weight is 348 g/mol. The molecule has 0 heterocycles. The molecule has 2 bridgehead atoms. The minimum absolute atomic E-state index is 0.0619. The van der Waals surface area contributed by atoms with E-state index in [2.05, 4.69) is 4.74 Å². The molecule has 2 aliphatic carbocycles. The number of alkyl halides is 6. The summed E-state index contributed by atoms with van der Waals surface area (Å²) in [6.45, 7) is 0.859. The molecule has 2 aliphatic rings. The summed E-state index contributed by atoms with van der Waals surface area (Å²) in [7, 11) is 0. The van der Waals surface area contributed by atoms with Crippen LogP contribution in [0.3, 0.4) is 0 Å². The SMILES string of the molecule is CC(C)(OC(=O)C1CC2CCC1C2)C(O)(C(F)(F)F)C(F)(F)F. The van der Waals surface area contributed by atoms with E-state index in [1.807, 2.05) is 0 Å². The first-order chi connectivity index (χ1) is 10.2. The maximum absolute atomic E-state index is 12.9. The Balaban J connectivity index is 2.23. The largest absolute Gasteiger partial charge is 0.456 e. The summed E-state index contributed by atoms with van der Waals surface area (Å²) >= 11 is 0. The van der Waals surface area contributed by atoms with Crippen molar-refractivity contribution in [1.82, 2.24) is 0 Å². The van der Waals surface area contributed by atoms with Crippen molar-refractivity contribution in [3.8, 4) is 0 Å². The Bertz CT molecular complexity index is 468. The zero-order valence-electron chi connectivity index (χ0n) is 12.6. The lowest BCUT2D eigenvalue weighted by Gasteiger charge is -2.43. The smallest absolute Gasteiger partial charge is 0.430 e. The minimum atomic E-state index is -6.04. The number of rotatable bonds is 3. The number of fused-ring (bicyclic) bond motifs is 2. The maximum atomic E-state index is 12.9. The molecule has 2 saturated carbocycles. The molecule has 3 atom stereocenters. The van der Waals surface area contributed by atoms with Crippen LogP contribution >= 0.6 is 0 Å². The van der Waals surface area contributed by atoms with Crippen LogP contribution in [-0.2, 0) is 9.53 Å². The van der Waals surface area contributed by atoms with Gasteiger partial charge in [-0.25, -0.2) is 0 Å². The van der Waals surface area contributed by atoms with E-state index in [1.165, 1.54) is 0 Å². The number of carbonyl (C=O) groups excluding carboxylic acids is 1. The van der Waals surface area contributed by atoms with Gasteiger partial charge in [0.1, 0.15) is 0 Å². The van der Waals surface area contributed by atoms with Gasteiger partial charge in [0.25, 0.3) is 5.60 Å². The highest BCUT2D eigenvalue weighted by molar-refractivity contribution is 5.74. The van der Waals surface area contributed by atoms with Crippen LogP contribution in [0, 0.1) is 17.8 Å². The predicted octanol–water partition coefficient (Wildman–Crippen LogP) is 3.60. The van der Waals surface area contributed by atoms with E-state index < -0.39 is 35.4 Å². The lowest BCUT2D eigenvalue weighted by atomic mass is 9.83. The zero-order valence-corrected chi connectivity index (χ0v) is 12.6. The van der Waals surface area contributed by atoms with E-state index >= 15 is 0 Å². The first kappa shape index (κ1) is 18.4. The Hall–Kier alpha value is -0.990. The number of halogens is 6. The average Bonchev–Trinajstić information content (AvgIpc) is 2.96. The number of hydrogen-bond donors (Lipinski definition) is 1. The van der Waals surface area contributed by atoms with E-state index in [-0.39, 0.29) is 11.8 Å². The first-order valence-electron chi connectivity index (χ1n) is 7.29. The van der Waals surface area contributed by atoms with Crippen molar-refractivity contribution < 1.29 is 41.0 Å². The number of ether oxygens (including phenoxy) is 1. The molecule has 3 nitrogen and oxygen atoms in total. The second kappa shape index (κ2) is 5.26. The summed E-state index contributed by atoms with van der Waals surface area (Å²) in [5.41, 5.74) is -8.33. The third kappa shape index (κ3) is 2.81. The van der Waals surface area contributed by atoms with Gasteiger partial charge < -0.3 is 9.84 Å². The molecule has 0 spiro atoms. The number of hydrogen-bond acceptors (Lipinski definition) is 3. The highest BCUT2D eigenvalue weighted by Gasteiger charge is 2.78. The third-order valence-electron chi connectivity index (χ3n) is 5.09. The third-order valence-corrected chi connectivity index (χ3v) is 5.09. The molecule has 0 radical (unpaired) electrons. The Kier molecular flexibility index (Phi) is 4.19. The van der Waals surface area contributed by atoms with Gasteiger partial charge in [0.15, 0.2) is 5.60 Å². The molecular formula is C14H18F6O3. The molecule has 1 N–H and O–H groups in total. The summed E-state index contributed by atoms with van der Waals surface area (Å²) in [4.78, 5) is 12.1. The normalized spacial score (nSPS) is 29.0. The van der Waals surface area contributed by atoms with Crippen molar-refractivity contribution in [3.05, 3.63) is 0 Å². The monoisotopic (exact) mass is 348 g/mol. The van der Waals surface area contributed by atoms with E-state index in [4.69, 9.17) is 0 Å². The molecular weight excluding hydrogens is 330 g/mol. The topological polar surface area (TPSA) is 46.5 Å². The van der Waals surface area contributed by atoms with E-state index in [1.54, 1.807) is 0 Å². The molecule has 0 saturated heterocycles. The van der Waals surface area contributed by atoms with Crippen molar-refractivity contribution in [1.29, 1.82) is 0 Å². The molecule has 134 valence electrons. The Morgan fingerprint density at radius 2 is 1.52 bits per heavy atom. The fraction of sp³-hybridized carbons (Fsp3) is 0.929. The quantitative estimate of drug-likeness (QED) is 0.626. The molecule has 3 unspecified atom stereocenters. The van der Waals surface area contributed by atoms with Crippen LogP contribution in [0.2, 0.25) is 0 Å². The molecule has 23 heavy (non-hydrogen) atoms. The molecule has 9 heteroatoms. The van der Waals surface area contributed by atoms with Gasteiger partial charge in [0.2, 0.25) is 0 Å². The second-order valence-corrected chi connectivity index (χ2v) is 6.92. The van der Waals surface area contributed by atoms with Gasteiger partial charge in [-0.2, -0.15) is 26.3 Å². The number of carbonyl (C=O) groups is 1. The molecule has 0 aliphatic heterocycles. The van der Waals surface area contributed by atoms with Crippen LogP contribution in [0.25, 0.3) is 0 Å². The van der Waals surface area contributed by atoms with Gasteiger partial charge in [0.05, 0.1) is 5.92 Å². The highest BCUT2D eigenvalue weighted by atomic mass is 19.4. The molecule has 2 rings (SSSR count). The fourth-order valence-corrected chi connectivity index (χ4v) is 3.78. The van der Waals surface area contributed by atoms with E-state index in [9.17, 15) is 36.2 Å². The standard InChI is InChI=1S/C14H18F6O3/c1-11(2,12(22,13(15,16)17)14(18,19)20)23-10(21)9-6-7-3-4-8(9)5-7/h7-9,22H,3-6H2,1-2H3. The summed E-state index contributed by atoms with van der Waals surface area (Å²) in [6.07, 6.45) is -9.30. The van der Waals surface area contributed by atoms with Crippen LogP contribution in [0.1, 0.15) is 39.5 Å². The van der Waals surface area contributed by atoms with Gasteiger partial charge in [-0.3, -0.25) is 4.79 Å². The molecule has 0 aromatic heterocycles. The van der Waals surface area contributed by atoms with Crippen molar-refractivity contribution >= 4 is 5.97 Å².